The van der Waals surface area contributed by atoms with Crippen molar-refractivity contribution in [2.45, 2.75) is 33.4 Å². The second kappa shape index (κ2) is 10.9. The van der Waals surface area contributed by atoms with Crippen molar-refractivity contribution in [2.24, 2.45) is 0 Å². The molecule has 8 nitrogen and oxygen atoms in total. The van der Waals surface area contributed by atoms with Gasteiger partial charge in [-0.25, -0.2) is 4.98 Å². The SMILES string of the molecule is CCN(Cc1cccc(NC(=O)c2cccc(NC(=O)CCn3ccnc3)c2)c1)C(C)=O. The van der Waals surface area contributed by atoms with Crippen LogP contribution in [0.1, 0.15) is 36.2 Å². The molecule has 0 radical (unpaired) electrons. The fourth-order valence-corrected chi connectivity index (χ4v) is 3.23. The number of hydrogen-bond donors (Lipinski definition) is 2. The molecular formula is C24H27N5O3. The molecule has 0 spiro atoms. The lowest BCUT2D eigenvalue weighted by molar-refractivity contribution is -0.129. The Kier molecular flexibility index (Phi) is 7.75. The van der Waals surface area contributed by atoms with Crippen molar-refractivity contribution in [1.82, 2.24) is 14.5 Å². The van der Waals surface area contributed by atoms with E-state index in [-0.39, 0.29) is 17.7 Å². The highest BCUT2D eigenvalue weighted by Gasteiger charge is 2.11. The molecule has 0 aliphatic heterocycles. The molecule has 8 heteroatoms. The first-order chi connectivity index (χ1) is 15.4. The minimum atomic E-state index is -0.282. The van der Waals surface area contributed by atoms with E-state index in [1.807, 2.05) is 29.7 Å². The lowest BCUT2D eigenvalue weighted by atomic mass is 10.1. The number of imidazole rings is 1. The van der Waals surface area contributed by atoms with Crippen LogP contribution in [0.3, 0.4) is 0 Å². The molecule has 1 heterocycles. The molecule has 0 bridgehead atoms. The lowest BCUT2D eigenvalue weighted by Crippen LogP contribution is -2.27. The maximum absolute atomic E-state index is 12.7. The largest absolute Gasteiger partial charge is 0.339 e. The summed E-state index contributed by atoms with van der Waals surface area (Å²) in [6.45, 7) is 5.10. The fraction of sp³-hybridized carbons (Fsp3) is 0.250. The minimum Gasteiger partial charge on any atom is -0.339 e. The zero-order valence-electron chi connectivity index (χ0n) is 18.2. The van der Waals surface area contributed by atoms with E-state index in [1.54, 1.807) is 60.9 Å². The Morgan fingerprint density at radius 1 is 1.03 bits per heavy atom. The number of anilines is 2. The van der Waals surface area contributed by atoms with E-state index in [2.05, 4.69) is 15.6 Å². The van der Waals surface area contributed by atoms with Crippen molar-refractivity contribution in [1.29, 1.82) is 0 Å². The van der Waals surface area contributed by atoms with Gasteiger partial charge in [0, 0.05) is 62.3 Å². The maximum atomic E-state index is 12.7. The van der Waals surface area contributed by atoms with Gasteiger partial charge in [0.25, 0.3) is 5.91 Å². The van der Waals surface area contributed by atoms with Crippen molar-refractivity contribution < 1.29 is 14.4 Å². The molecule has 3 aromatic rings. The van der Waals surface area contributed by atoms with Gasteiger partial charge in [-0.05, 0) is 42.8 Å². The van der Waals surface area contributed by atoms with Gasteiger partial charge in [-0.15, -0.1) is 0 Å². The molecule has 0 saturated carbocycles. The molecular weight excluding hydrogens is 406 g/mol. The van der Waals surface area contributed by atoms with Crippen LogP contribution in [0.2, 0.25) is 0 Å². The fourth-order valence-electron chi connectivity index (χ4n) is 3.23. The summed E-state index contributed by atoms with van der Waals surface area (Å²) in [7, 11) is 0. The van der Waals surface area contributed by atoms with E-state index in [4.69, 9.17) is 0 Å². The van der Waals surface area contributed by atoms with Gasteiger partial charge < -0.3 is 20.1 Å². The quantitative estimate of drug-likeness (QED) is 0.540. The third-order valence-corrected chi connectivity index (χ3v) is 4.95. The summed E-state index contributed by atoms with van der Waals surface area (Å²) in [5.41, 5.74) is 2.56. The van der Waals surface area contributed by atoms with Crippen LogP contribution in [0, 0.1) is 0 Å². The Balaban J connectivity index is 1.60. The Labute approximate surface area is 187 Å². The first kappa shape index (κ1) is 22.7. The number of rotatable bonds is 9. The van der Waals surface area contributed by atoms with Crippen LogP contribution in [0.4, 0.5) is 11.4 Å². The second-order valence-corrected chi connectivity index (χ2v) is 7.37. The number of nitrogens with zero attached hydrogens (tertiary/aromatic N) is 3. The highest BCUT2D eigenvalue weighted by atomic mass is 16.2. The monoisotopic (exact) mass is 433 g/mol. The average Bonchev–Trinajstić information content (AvgIpc) is 3.30. The topological polar surface area (TPSA) is 96.3 Å². The molecule has 0 unspecified atom stereocenters. The Hall–Kier alpha value is -3.94. The molecule has 1 aromatic heterocycles. The molecule has 2 aromatic carbocycles. The predicted octanol–water partition coefficient (Wildman–Crippen LogP) is 3.53. The first-order valence-electron chi connectivity index (χ1n) is 10.5. The number of hydrogen-bond acceptors (Lipinski definition) is 4. The summed E-state index contributed by atoms with van der Waals surface area (Å²) < 4.78 is 1.83. The van der Waals surface area contributed by atoms with Crippen molar-refractivity contribution >= 4 is 29.1 Å². The average molecular weight is 434 g/mol. The standard InChI is InChI=1S/C24H27N5O3/c1-3-29(18(2)30)16-19-6-4-8-21(14-19)27-24(32)20-7-5-9-22(15-20)26-23(31)10-12-28-13-11-25-17-28/h4-9,11,13-15,17H,3,10,12,16H2,1-2H3,(H,26,31)(H,27,32). The summed E-state index contributed by atoms with van der Waals surface area (Å²) in [5, 5.41) is 5.70. The predicted molar refractivity (Wildman–Crippen MR) is 123 cm³/mol. The molecule has 2 N–H and O–H groups in total. The molecule has 32 heavy (non-hydrogen) atoms. The van der Waals surface area contributed by atoms with Crippen molar-refractivity contribution in [3.8, 4) is 0 Å². The number of aryl methyl sites for hydroxylation is 1. The number of nitrogens with one attached hydrogen (secondary N) is 2. The van der Waals surface area contributed by atoms with Crippen LogP contribution in [0.15, 0.2) is 67.3 Å². The molecule has 166 valence electrons. The van der Waals surface area contributed by atoms with Gasteiger partial charge in [0.15, 0.2) is 0 Å². The van der Waals surface area contributed by atoms with E-state index in [0.717, 1.165) is 5.56 Å². The summed E-state index contributed by atoms with van der Waals surface area (Å²) >= 11 is 0. The highest BCUT2D eigenvalue weighted by Crippen LogP contribution is 2.16. The molecule has 0 saturated heterocycles. The molecule has 0 fully saturated rings. The Bertz CT molecular complexity index is 1080. The van der Waals surface area contributed by atoms with E-state index in [1.165, 1.54) is 0 Å². The van der Waals surface area contributed by atoms with Crippen LogP contribution in [0.5, 0.6) is 0 Å². The zero-order chi connectivity index (χ0) is 22.9. The third-order valence-electron chi connectivity index (χ3n) is 4.95. The van der Waals surface area contributed by atoms with E-state index in [9.17, 15) is 14.4 Å². The number of carbonyl (C=O) groups is 3. The van der Waals surface area contributed by atoms with Crippen LogP contribution < -0.4 is 10.6 Å². The van der Waals surface area contributed by atoms with Crippen molar-refractivity contribution in [2.75, 3.05) is 17.2 Å². The Morgan fingerprint density at radius 2 is 1.78 bits per heavy atom. The highest BCUT2D eigenvalue weighted by molar-refractivity contribution is 6.05. The van der Waals surface area contributed by atoms with E-state index in [0.29, 0.717) is 43.0 Å². The van der Waals surface area contributed by atoms with Crippen LogP contribution in [0.25, 0.3) is 0 Å². The van der Waals surface area contributed by atoms with Crippen LogP contribution >= 0.6 is 0 Å². The summed E-state index contributed by atoms with van der Waals surface area (Å²) in [6, 6.07) is 14.2. The van der Waals surface area contributed by atoms with Gasteiger partial charge in [-0.1, -0.05) is 18.2 Å². The number of aromatic nitrogens is 2. The van der Waals surface area contributed by atoms with Gasteiger partial charge in [-0.2, -0.15) is 0 Å². The smallest absolute Gasteiger partial charge is 0.255 e. The minimum absolute atomic E-state index is 0.00540. The number of amides is 3. The van der Waals surface area contributed by atoms with Gasteiger partial charge >= 0.3 is 0 Å². The molecule has 0 aliphatic carbocycles. The maximum Gasteiger partial charge on any atom is 0.255 e. The molecule has 0 aliphatic rings. The van der Waals surface area contributed by atoms with Crippen LogP contribution in [-0.4, -0.2) is 38.7 Å². The van der Waals surface area contributed by atoms with E-state index < -0.39 is 0 Å². The number of benzene rings is 2. The first-order valence-corrected chi connectivity index (χ1v) is 10.5. The lowest BCUT2D eigenvalue weighted by Gasteiger charge is -2.19. The normalized spacial score (nSPS) is 10.4. The Morgan fingerprint density at radius 3 is 2.47 bits per heavy atom. The number of carbonyl (C=O) groups excluding carboxylic acids is 3. The molecule has 3 amide bonds. The van der Waals surface area contributed by atoms with Gasteiger partial charge in [0.2, 0.25) is 11.8 Å². The zero-order valence-corrected chi connectivity index (χ0v) is 18.2. The summed E-state index contributed by atoms with van der Waals surface area (Å²) in [6.07, 6.45) is 5.42. The summed E-state index contributed by atoms with van der Waals surface area (Å²) in [5.74, 6) is -0.420. The van der Waals surface area contributed by atoms with Gasteiger partial charge in [0.1, 0.15) is 0 Å². The van der Waals surface area contributed by atoms with Gasteiger partial charge in [-0.3, -0.25) is 14.4 Å². The second-order valence-electron chi connectivity index (χ2n) is 7.37. The molecule has 3 rings (SSSR count). The van der Waals surface area contributed by atoms with Crippen molar-refractivity contribution in [3.05, 3.63) is 78.4 Å². The third kappa shape index (κ3) is 6.53. The van der Waals surface area contributed by atoms with Crippen LogP contribution in [-0.2, 0) is 22.7 Å². The molecule has 0 atom stereocenters. The van der Waals surface area contributed by atoms with E-state index >= 15 is 0 Å². The van der Waals surface area contributed by atoms with Crippen molar-refractivity contribution in [3.63, 3.8) is 0 Å². The van der Waals surface area contributed by atoms with Gasteiger partial charge in [0.05, 0.1) is 6.33 Å². The summed E-state index contributed by atoms with van der Waals surface area (Å²) in [4.78, 5) is 42.3.